The highest BCUT2D eigenvalue weighted by Crippen LogP contribution is 2.30. The molecule has 7 nitrogen and oxygen atoms in total. The zero-order valence-electron chi connectivity index (χ0n) is 19.6. The molecule has 36 heavy (non-hydrogen) atoms. The number of nitrogens with zero attached hydrogens (tertiary/aromatic N) is 1. The Balaban J connectivity index is 1.66. The Morgan fingerprint density at radius 2 is 1.61 bits per heavy atom. The number of aromatic nitrogens is 1. The van der Waals surface area contributed by atoms with Gasteiger partial charge >= 0.3 is 0 Å². The zero-order valence-corrected chi connectivity index (χ0v) is 21.2. The second-order valence-corrected chi connectivity index (χ2v) is 10.0. The van der Waals surface area contributed by atoms with Gasteiger partial charge in [-0.15, -0.1) is 0 Å². The lowest BCUT2D eigenvalue weighted by Crippen LogP contribution is -2.53. The molecule has 0 fully saturated rings. The smallest absolute Gasteiger partial charge is 0.253 e. The standard InChI is InChI=1S/C27H24Cl2N4O3/c1-27(2,14-16-7-4-3-5-8-16)26(33-25(36)17-11-18(28)13-19(29)12-17)32-22-21(23(34)24(22)35)31-20-9-6-10-30-15-20/h3-13,15,26,31-32H,14H2,1-2H3,(H,33,36). The first-order chi connectivity index (χ1) is 17.1. The number of hydrogen-bond acceptors (Lipinski definition) is 6. The third-order valence-corrected chi connectivity index (χ3v) is 6.25. The molecule has 4 rings (SSSR count). The molecule has 0 aliphatic rings. The maximum absolute atomic E-state index is 13.2. The summed E-state index contributed by atoms with van der Waals surface area (Å²) in [5.74, 6) is -0.432. The van der Waals surface area contributed by atoms with Crippen LogP contribution in [0.4, 0.5) is 17.1 Å². The summed E-state index contributed by atoms with van der Waals surface area (Å²) in [6, 6.07) is 17.8. The molecule has 0 bridgehead atoms. The number of rotatable bonds is 9. The highest BCUT2D eigenvalue weighted by molar-refractivity contribution is 6.35. The van der Waals surface area contributed by atoms with Crippen LogP contribution in [0.2, 0.25) is 10.0 Å². The summed E-state index contributed by atoms with van der Waals surface area (Å²) < 4.78 is 0. The van der Waals surface area contributed by atoms with E-state index in [1.165, 1.54) is 18.2 Å². The van der Waals surface area contributed by atoms with Crippen LogP contribution in [0.3, 0.4) is 0 Å². The topological polar surface area (TPSA) is 100 Å². The molecule has 1 heterocycles. The Labute approximate surface area is 218 Å². The maximum Gasteiger partial charge on any atom is 0.253 e. The predicted molar refractivity (Wildman–Crippen MR) is 144 cm³/mol. The lowest BCUT2D eigenvalue weighted by molar-refractivity contribution is 0.0907. The predicted octanol–water partition coefficient (Wildman–Crippen LogP) is 5.16. The van der Waals surface area contributed by atoms with E-state index in [-0.39, 0.29) is 16.9 Å². The number of carbonyl (C=O) groups excluding carboxylic acids is 1. The first-order valence-corrected chi connectivity index (χ1v) is 12.0. The minimum atomic E-state index is -0.735. The lowest BCUT2D eigenvalue weighted by atomic mass is 9.82. The molecule has 4 aromatic rings. The van der Waals surface area contributed by atoms with Crippen LogP contribution in [0.5, 0.6) is 0 Å². The Morgan fingerprint density at radius 1 is 0.944 bits per heavy atom. The van der Waals surface area contributed by atoms with E-state index in [0.717, 1.165) is 5.56 Å². The Kier molecular flexibility index (Phi) is 7.43. The fourth-order valence-corrected chi connectivity index (χ4v) is 4.45. The number of anilines is 3. The molecule has 3 aromatic carbocycles. The molecule has 0 radical (unpaired) electrons. The van der Waals surface area contributed by atoms with E-state index in [9.17, 15) is 14.4 Å². The highest BCUT2D eigenvalue weighted by Gasteiger charge is 2.34. The van der Waals surface area contributed by atoms with Crippen LogP contribution < -0.4 is 26.8 Å². The van der Waals surface area contributed by atoms with Gasteiger partial charge in [-0.25, -0.2) is 0 Å². The van der Waals surface area contributed by atoms with E-state index in [2.05, 4.69) is 20.9 Å². The summed E-state index contributed by atoms with van der Waals surface area (Å²) in [5, 5.41) is 9.69. The molecular weight excluding hydrogens is 499 g/mol. The molecule has 1 unspecified atom stereocenters. The van der Waals surface area contributed by atoms with Crippen LogP contribution in [0.15, 0.2) is 82.6 Å². The van der Waals surface area contributed by atoms with Crippen LogP contribution in [-0.4, -0.2) is 17.1 Å². The van der Waals surface area contributed by atoms with Gasteiger partial charge in [-0.05, 0) is 42.3 Å². The van der Waals surface area contributed by atoms with Gasteiger partial charge in [-0.2, -0.15) is 0 Å². The van der Waals surface area contributed by atoms with Gasteiger partial charge in [0.1, 0.15) is 17.5 Å². The fraction of sp³-hybridized carbons (Fsp3) is 0.185. The van der Waals surface area contributed by atoms with E-state index >= 15 is 0 Å². The molecule has 9 heteroatoms. The SMILES string of the molecule is CC(C)(Cc1ccccc1)C(NC(=O)c1cc(Cl)cc(Cl)c1)Nc1c(Nc2cccnc2)c(=O)c1=O. The van der Waals surface area contributed by atoms with Crippen molar-refractivity contribution in [1.82, 2.24) is 10.3 Å². The summed E-state index contributed by atoms with van der Waals surface area (Å²) in [4.78, 5) is 42.1. The van der Waals surface area contributed by atoms with Crippen molar-refractivity contribution in [2.75, 3.05) is 10.6 Å². The molecule has 184 valence electrons. The van der Waals surface area contributed by atoms with Gasteiger partial charge < -0.3 is 16.0 Å². The van der Waals surface area contributed by atoms with Gasteiger partial charge in [0.15, 0.2) is 0 Å². The fourth-order valence-electron chi connectivity index (χ4n) is 3.92. The van der Waals surface area contributed by atoms with Crippen molar-refractivity contribution >= 4 is 46.2 Å². The Hall–Kier alpha value is -3.68. The van der Waals surface area contributed by atoms with Crippen molar-refractivity contribution < 1.29 is 4.79 Å². The lowest BCUT2D eigenvalue weighted by Gasteiger charge is -2.37. The zero-order chi connectivity index (χ0) is 25.9. The van der Waals surface area contributed by atoms with Gasteiger partial charge in [0, 0.05) is 27.2 Å². The van der Waals surface area contributed by atoms with Crippen molar-refractivity contribution in [2.45, 2.75) is 26.4 Å². The molecule has 0 saturated heterocycles. The summed E-state index contributed by atoms with van der Waals surface area (Å²) in [6.07, 6.45) is 2.98. The molecule has 1 atom stereocenters. The number of hydrogen-bond donors (Lipinski definition) is 3. The van der Waals surface area contributed by atoms with Crippen LogP contribution >= 0.6 is 23.2 Å². The average molecular weight is 523 g/mol. The highest BCUT2D eigenvalue weighted by atomic mass is 35.5. The summed E-state index contributed by atoms with van der Waals surface area (Å²) >= 11 is 12.2. The molecule has 0 aliphatic heterocycles. The molecule has 1 aromatic heterocycles. The van der Waals surface area contributed by atoms with Gasteiger partial charge in [0.25, 0.3) is 16.8 Å². The number of nitrogens with one attached hydrogen (secondary N) is 3. The van der Waals surface area contributed by atoms with E-state index in [0.29, 0.717) is 22.2 Å². The van der Waals surface area contributed by atoms with E-state index < -0.39 is 28.3 Å². The number of pyridine rings is 1. The Morgan fingerprint density at radius 3 is 2.25 bits per heavy atom. The normalized spacial score (nSPS) is 12.2. The summed E-state index contributed by atoms with van der Waals surface area (Å²) in [7, 11) is 0. The third-order valence-electron chi connectivity index (χ3n) is 5.81. The molecule has 1 amide bonds. The minimum Gasteiger partial charge on any atom is -0.360 e. The summed E-state index contributed by atoms with van der Waals surface area (Å²) in [6.45, 7) is 3.92. The largest absolute Gasteiger partial charge is 0.360 e. The van der Waals surface area contributed by atoms with Gasteiger partial charge in [0.05, 0.1) is 11.9 Å². The maximum atomic E-state index is 13.2. The number of amides is 1. The van der Waals surface area contributed by atoms with Crippen LogP contribution in [-0.2, 0) is 6.42 Å². The molecule has 0 saturated carbocycles. The van der Waals surface area contributed by atoms with Crippen LogP contribution in [0.25, 0.3) is 0 Å². The van der Waals surface area contributed by atoms with E-state index in [1.807, 2.05) is 44.2 Å². The van der Waals surface area contributed by atoms with Crippen molar-refractivity contribution in [3.63, 3.8) is 0 Å². The first-order valence-electron chi connectivity index (χ1n) is 11.2. The van der Waals surface area contributed by atoms with E-state index in [4.69, 9.17) is 23.2 Å². The number of benzene rings is 2. The molecule has 3 N–H and O–H groups in total. The Bertz CT molecular complexity index is 1430. The van der Waals surface area contributed by atoms with Crippen molar-refractivity contribution in [1.29, 1.82) is 0 Å². The van der Waals surface area contributed by atoms with Crippen molar-refractivity contribution in [3.8, 4) is 0 Å². The van der Waals surface area contributed by atoms with Gasteiger partial charge in [0.2, 0.25) is 0 Å². The van der Waals surface area contributed by atoms with Crippen LogP contribution in [0.1, 0.15) is 29.8 Å². The number of carbonyl (C=O) groups is 1. The quantitative estimate of drug-likeness (QED) is 0.207. The first kappa shape index (κ1) is 25.4. The van der Waals surface area contributed by atoms with Crippen LogP contribution in [0, 0.1) is 5.41 Å². The summed E-state index contributed by atoms with van der Waals surface area (Å²) in [5.41, 5.74) is 0.195. The third kappa shape index (κ3) is 5.75. The second-order valence-electron chi connectivity index (χ2n) is 9.13. The molecular formula is C27H24Cl2N4O3. The average Bonchev–Trinajstić information content (AvgIpc) is 2.85. The van der Waals surface area contributed by atoms with Crippen molar-refractivity contribution in [3.05, 3.63) is 115 Å². The van der Waals surface area contributed by atoms with Gasteiger partial charge in [-0.1, -0.05) is 67.4 Å². The molecule has 0 spiro atoms. The van der Waals surface area contributed by atoms with Crippen molar-refractivity contribution in [2.24, 2.45) is 5.41 Å². The monoisotopic (exact) mass is 522 g/mol. The molecule has 0 aliphatic carbocycles. The second kappa shape index (κ2) is 10.5. The number of halogens is 2. The van der Waals surface area contributed by atoms with Gasteiger partial charge in [-0.3, -0.25) is 19.4 Å². The minimum absolute atomic E-state index is 0.0967. The van der Waals surface area contributed by atoms with E-state index in [1.54, 1.807) is 24.5 Å².